The number of fused-ring (bicyclic) bond motifs is 3. The third-order valence-corrected chi connectivity index (χ3v) is 3.72. The number of allylic oxidation sites excluding steroid dienone is 1. The number of rotatable bonds is 3. The molecule has 0 saturated heterocycles. The van der Waals surface area contributed by atoms with Crippen molar-refractivity contribution >= 4 is 11.6 Å². The molecular formula is C15H14O8. The Morgan fingerprint density at radius 1 is 1.04 bits per heavy atom. The molecule has 0 bridgehead atoms. The van der Waals surface area contributed by atoms with Crippen molar-refractivity contribution in [2.24, 2.45) is 0 Å². The number of carbonyl (C=O) groups excluding carboxylic acids is 2. The summed E-state index contributed by atoms with van der Waals surface area (Å²) in [6.45, 7) is 1.14. The van der Waals surface area contributed by atoms with Crippen LogP contribution < -0.4 is 14.2 Å². The maximum absolute atomic E-state index is 12.7. The number of carbonyl (C=O) groups is 2. The highest BCUT2D eigenvalue weighted by Gasteiger charge is 2.44. The van der Waals surface area contributed by atoms with Gasteiger partial charge in [-0.25, -0.2) is 0 Å². The SMILES string of the molecule is COC1=C([C@H](C)O)C(=O)c2c(O)c(OC)c3c(c2C1=O)OCO3. The Labute approximate surface area is 130 Å². The Kier molecular flexibility index (Phi) is 3.41. The molecule has 8 heteroatoms. The maximum atomic E-state index is 12.7. The molecule has 1 heterocycles. The first-order chi connectivity index (χ1) is 10.9. The molecule has 0 saturated carbocycles. The Hall–Kier alpha value is -2.74. The molecule has 0 aromatic heterocycles. The molecule has 1 aliphatic carbocycles. The van der Waals surface area contributed by atoms with E-state index in [1.807, 2.05) is 0 Å². The van der Waals surface area contributed by atoms with Gasteiger partial charge in [0.2, 0.25) is 24.1 Å². The molecule has 0 radical (unpaired) electrons. The van der Waals surface area contributed by atoms with Crippen LogP contribution in [0, 0.1) is 0 Å². The number of aromatic hydroxyl groups is 1. The summed E-state index contributed by atoms with van der Waals surface area (Å²) in [5, 5.41) is 20.2. The number of hydrogen-bond donors (Lipinski definition) is 2. The van der Waals surface area contributed by atoms with Gasteiger partial charge < -0.3 is 29.2 Å². The lowest BCUT2D eigenvalue weighted by Gasteiger charge is -2.24. The van der Waals surface area contributed by atoms with Gasteiger partial charge in [-0.15, -0.1) is 0 Å². The van der Waals surface area contributed by atoms with E-state index in [4.69, 9.17) is 18.9 Å². The number of phenols is 1. The predicted molar refractivity (Wildman–Crippen MR) is 75.2 cm³/mol. The molecule has 0 amide bonds. The van der Waals surface area contributed by atoms with E-state index in [9.17, 15) is 19.8 Å². The topological polar surface area (TPSA) is 112 Å². The molecular weight excluding hydrogens is 308 g/mol. The summed E-state index contributed by atoms with van der Waals surface area (Å²) >= 11 is 0. The van der Waals surface area contributed by atoms with Crippen LogP contribution >= 0.6 is 0 Å². The number of Topliss-reactive ketones (excluding diaryl/α,β-unsaturated/α-hetero) is 2. The van der Waals surface area contributed by atoms with Crippen molar-refractivity contribution in [2.45, 2.75) is 13.0 Å². The monoisotopic (exact) mass is 322 g/mol. The van der Waals surface area contributed by atoms with Gasteiger partial charge in [-0.05, 0) is 6.92 Å². The standard InChI is InChI=1S/C15H14O8/c1-5(16)6-9(17)7-8(11(19)12(6)20-2)13-15(23-4-22-13)14(21-3)10(7)18/h5,16,18H,4H2,1-3H3/t5-/m0/s1. The van der Waals surface area contributed by atoms with Crippen LogP contribution in [0.25, 0.3) is 0 Å². The Bertz CT molecular complexity index is 759. The summed E-state index contributed by atoms with van der Waals surface area (Å²) in [6.07, 6.45) is -1.26. The van der Waals surface area contributed by atoms with Crippen molar-refractivity contribution in [1.29, 1.82) is 0 Å². The number of phenolic OH excluding ortho intramolecular Hbond substituents is 1. The first-order valence-corrected chi connectivity index (χ1v) is 6.72. The number of methoxy groups -OCH3 is 2. The van der Waals surface area contributed by atoms with E-state index < -0.39 is 23.4 Å². The van der Waals surface area contributed by atoms with Crippen molar-refractivity contribution in [1.82, 2.24) is 0 Å². The second-order valence-corrected chi connectivity index (χ2v) is 4.98. The molecule has 2 N–H and O–H groups in total. The number of aliphatic hydroxyl groups is 1. The molecule has 1 aliphatic heterocycles. The van der Waals surface area contributed by atoms with E-state index in [1.54, 1.807) is 0 Å². The highest BCUT2D eigenvalue weighted by atomic mass is 16.7. The van der Waals surface area contributed by atoms with Crippen LogP contribution in [0.3, 0.4) is 0 Å². The van der Waals surface area contributed by atoms with Gasteiger partial charge in [0.15, 0.2) is 23.0 Å². The molecule has 1 atom stereocenters. The van der Waals surface area contributed by atoms with Gasteiger partial charge in [0.05, 0.1) is 37.0 Å². The molecule has 23 heavy (non-hydrogen) atoms. The van der Waals surface area contributed by atoms with E-state index in [-0.39, 0.29) is 46.5 Å². The third kappa shape index (κ3) is 1.88. The van der Waals surface area contributed by atoms with Crippen molar-refractivity contribution in [3.05, 3.63) is 22.5 Å². The van der Waals surface area contributed by atoms with Crippen LogP contribution in [0.4, 0.5) is 0 Å². The first-order valence-electron chi connectivity index (χ1n) is 6.72. The van der Waals surface area contributed by atoms with E-state index >= 15 is 0 Å². The lowest BCUT2D eigenvalue weighted by Crippen LogP contribution is -2.29. The first kappa shape index (κ1) is 15.2. The second kappa shape index (κ2) is 5.17. The van der Waals surface area contributed by atoms with E-state index in [0.29, 0.717) is 0 Å². The highest BCUT2D eigenvalue weighted by molar-refractivity contribution is 6.29. The number of benzene rings is 1. The normalized spacial score (nSPS) is 17.2. The molecule has 3 rings (SSSR count). The van der Waals surface area contributed by atoms with E-state index in [2.05, 4.69) is 0 Å². The van der Waals surface area contributed by atoms with Gasteiger partial charge in [0.1, 0.15) is 0 Å². The minimum Gasteiger partial charge on any atom is -0.504 e. The minimum absolute atomic E-state index is 0.00666. The van der Waals surface area contributed by atoms with Gasteiger partial charge in [-0.1, -0.05) is 0 Å². The average Bonchev–Trinajstić information content (AvgIpc) is 2.98. The summed E-state index contributed by atoms with van der Waals surface area (Å²) < 4.78 is 20.6. The van der Waals surface area contributed by atoms with Gasteiger partial charge in [-0.2, -0.15) is 0 Å². The summed E-state index contributed by atoms with van der Waals surface area (Å²) in [4.78, 5) is 25.4. The summed E-state index contributed by atoms with van der Waals surface area (Å²) in [6, 6.07) is 0. The zero-order chi connectivity index (χ0) is 16.9. The Morgan fingerprint density at radius 2 is 1.70 bits per heavy atom. The quantitative estimate of drug-likeness (QED) is 0.840. The number of aliphatic hydroxyl groups excluding tert-OH is 1. The van der Waals surface area contributed by atoms with Crippen LogP contribution in [0.1, 0.15) is 27.6 Å². The van der Waals surface area contributed by atoms with Gasteiger partial charge in [-0.3, -0.25) is 9.59 Å². The molecule has 8 nitrogen and oxygen atoms in total. The van der Waals surface area contributed by atoms with Gasteiger partial charge >= 0.3 is 0 Å². The number of ketones is 2. The second-order valence-electron chi connectivity index (χ2n) is 4.98. The molecule has 1 aromatic rings. The fourth-order valence-electron chi connectivity index (χ4n) is 2.77. The van der Waals surface area contributed by atoms with Gasteiger partial charge in [0.25, 0.3) is 0 Å². The van der Waals surface area contributed by atoms with E-state index in [1.165, 1.54) is 21.1 Å². The lowest BCUT2D eigenvalue weighted by molar-refractivity contribution is 0.0865. The molecule has 0 unspecified atom stereocenters. The Balaban J connectivity index is 2.38. The predicted octanol–water partition coefficient (Wildman–Crippen LogP) is 0.790. The Morgan fingerprint density at radius 3 is 2.26 bits per heavy atom. The number of hydrogen-bond acceptors (Lipinski definition) is 8. The molecule has 1 aromatic carbocycles. The highest BCUT2D eigenvalue weighted by Crippen LogP contribution is 2.53. The third-order valence-electron chi connectivity index (χ3n) is 3.72. The van der Waals surface area contributed by atoms with Crippen molar-refractivity contribution in [2.75, 3.05) is 21.0 Å². The zero-order valence-electron chi connectivity index (χ0n) is 12.6. The van der Waals surface area contributed by atoms with Crippen LogP contribution in [0.2, 0.25) is 0 Å². The number of ether oxygens (including phenoxy) is 4. The van der Waals surface area contributed by atoms with Crippen molar-refractivity contribution < 1.29 is 38.7 Å². The fourth-order valence-corrected chi connectivity index (χ4v) is 2.77. The van der Waals surface area contributed by atoms with Crippen LogP contribution in [-0.4, -0.2) is 48.9 Å². The molecule has 122 valence electrons. The van der Waals surface area contributed by atoms with Crippen LogP contribution in [-0.2, 0) is 4.74 Å². The summed E-state index contributed by atoms with van der Waals surface area (Å²) in [5.41, 5.74) is -0.698. The zero-order valence-corrected chi connectivity index (χ0v) is 12.6. The summed E-state index contributed by atoms with van der Waals surface area (Å²) in [7, 11) is 2.50. The summed E-state index contributed by atoms with van der Waals surface area (Å²) in [5.74, 6) is -2.31. The largest absolute Gasteiger partial charge is 0.504 e. The lowest BCUT2D eigenvalue weighted by atomic mass is 9.84. The van der Waals surface area contributed by atoms with E-state index in [0.717, 1.165) is 0 Å². The molecule has 2 aliphatic rings. The minimum atomic E-state index is -1.26. The van der Waals surface area contributed by atoms with Crippen LogP contribution in [0.15, 0.2) is 11.3 Å². The maximum Gasteiger partial charge on any atom is 0.232 e. The molecule has 0 spiro atoms. The fraction of sp³-hybridized carbons (Fsp3) is 0.333. The van der Waals surface area contributed by atoms with Crippen molar-refractivity contribution in [3.8, 4) is 23.0 Å². The van der Waals surface area contributed by atoms with Gasteiger partial charge in [0, 0.05) is 0 Å². The molecule has 0 fully saturated rings. The average molecular weight is 322 g/mol. The van der Waals surface area contributed by atoms with Crippen LogP contribution in [0.5, 0.6) is 23.0 Å². The smallest absolute Gasteiger partial charge is 0.232 e. The van der Waals surface area contributed by atoms with Crippen molar-refractivity contribution in [3.63, 3.8) is 0 Å².